The summed E-state index contributed by atoms with van der Waals surface area (Å²) in [5, 5.41) is 0.772. The Morgan fingerprint density at radius 2 is 1.61 bits per heavy atom. The van der Waals surface area contributed by atoms with Gasteiger partial charge >= 0.3 is 0 Å². The zero-order valence-corrected chi connectivity index (χ0v) is 17.9. The summed E-state index contributed by atoms with van der Waals surface area (Å²) in [5.74, 6) is -2.28. The summed E-state index contributed by atoms with van der Waals surface area (Å²) in [6, 6.07) is 14.3. The number of benzene rings is 3. The van der Waals surface area contributed by atoms with E-state index in [1.54, 1.807) is 24.3 Å². The van der Waals surface area contributed by atoms with Gasteiger partial charge in [0.25, 0.3) is 0 Å². The normalized spacial score (nSPS) is 12.4. The summed E-state index contributed by atoms with van der Waals surface area (Å²) >= 11 is 0. The van der Waals surface area contributed by atoms with Crippen molar-refractivity contribution in [3.63, 3.8) is 0 Å². The molecule has 0 heterocycles. The molecule has 0 aromatic heterocycles. The van der Waals surface area contributed by atoms with Gasteiger partial charge in [0.2, 0.25) is 0 Å². The molecule has 0 bridgehead atoms. The van der Waals surface area contributed by atoms with Gasteiger partial charge in [0.15, 0.2) is 23.2 Å². The number of allylic oxidation sites excluding steroid dienone is 1. The highest BCUT2D eigenvalue weighted by Crippen LogP contribution is 2.33. The molecule has 1 nitrogen and oxygen atoms in total. The molecule has 3 aromatic carbocycles. The van der Waals surface area contributed by atoms with Crippen LogP contribution in [-0.2, 0) is 6.42 Å². The van der Waals surface area contributed by atoms with Crippen LogP contribution in [-0.4, -0.2) is 6.61 Å². The number of rotatable bonds is 9. The Morgan fingerprint density at radius 1 is 0.903 bits per heavy atom. The predicted octanol–water partition coefficient (Wildman–Crippen LogP) is 8.43. The van der Waals surface area contributed by atoms with Crippen LogP contribution in [0.1, 0.15) is 49.8 Å². The van der Waals surface area contributed by atoms with Crippen molar-refractivity contribution in [2.45, 2.75) is 39.5 Å². The first-order valence-corrected chi connectivity index (χ1v) is 10.7. The summed E-state index contributed by atoms with van der Waals surface area (Å²) in [5.41, 5.74) is 1.37. The van der Waals surface area contributed by atoms with Crippen molar-refractivity contribution >= 4 is 22.4 Å². The largest absolute Gasteiger partial charge is 0.486 e. The lowest BCUT2D eigenvalue weighted by Crippen LogP contribution is -1.96. The zero-order chi connectivity index (χ0) is 22.2. The Bertz CT molecular complexity index is 1080. The second-order valence-electron chi connectivity index (χ2n) is 7.48. The molecular formula is C27H27F3O. The van der Waals surface area contributed by atoms with E-state index in [9.17, 15) is 13.2 Å². The van der Waals surface area contributed by atoms with Crippen molar-refractivity contribution in [2.75, 3.05) is 6.61 Å². The van der Waals surface area contributed by atoms with Gasteiger partial charge < -0.3 is 4.74 Å². The molecular weight excluding hydrogens is 397 g/mol. The van der Waals surface area contributed by atoms with E-state index in [1.165, 1.54) is 24.3 Å². The quantitative estimate of drug-likeness (QED) is 0.190. The molecule has 0 saturated carbocycles. The lowest BCUT2D eigenvalue weighted by Gasteiger charge is -2.09. The van der Waals surface area contributed by atoms with Gasteiger partial charge in [-0.1, -0.05) is 74.4 Å². The van der Waals surface area contributed by atoms with Crippen molar-refractivity contribution in [2.24, 2.45) is 0 Å². The molecule has 0 radical (unpaired) electrons. The lowest BCUT2D eigenvalue weighted by atomic mass is 10.0. The van der Waals surface area contributed by atoms with Gasteiger partial charge in [-0.3, -0.25) is 0 Å². The second kappa shape index (κ2) is 10.9. The monoisotopic (exact) mass is 424 g/mol. The minimum Gasteiger partial charge on any atom is -0.486 e. The van der Waals surface area contributed by atoms with Gasteiger partial charge in [-0.2, -0.15) is 0 Å². The second-order valence-corrected chi connectivity index (χ2v) is 7.48. The highest BCUT2D eigenvalue weighted by molar-refractivity contribution is 5.91. The van der Waals surface area contributed by atoms with Crippen molar-refractivity contribution < 1.29 is 17.9 Å². The third-order valence-corrected chi connectivity index (χ3v) is 5.21. The maximum absolute atomic E-state index is 14.9. The van der Waals surface area contributed by atoms with E-state index in [-0.39, 0.29) is 23.5 Å². The van der Waals surface area contributed by atoms with E-state index in [0.29, 0.717) is 10.8 Å². The van der Waals surface area contributed by atoms with Crippen LogP contribution in [0.15, 0.2) is 66.7 Å². The molecule has 0 spiro atoms. The molecule has 0 fully saturated rings. The van der Waals surface area contributed by atoms with Crippen molar-refractivity contribution in [3.8, 4) is 5.75 Å². The van der Waals surface area contributed by atoms with E-state index < -0.39 is 17.5 Å². The molecule has 4 heteroatoms. The van der Waals surface area contributed by atoms with Gasteiger partial charge in [0, 0.05) is 16.5 Å². The first kappa shape index (κ1) is 22.7. The fourth-order valence-electron chi connectivity index (χ4n) is 3.40. The number of unbranched alkanes of at least 4 members (excludes halogenated alkanes) is 2. The molecule has 0 amide bonds. The van der Waals surface area contributed by atoms with Crippen LogP contribution in [0.25, 0.3) is 22.4 Å². The summed E-state index contributed by atoms with van der Waals surface area (Å²) in [7, 11) is 0. The van der Waals surface area contributed by atoms with Gasteiger partial charge in [0.1, 0.15) is 6.61 Å². The van der Waals surface area contributed by atoms with Gasteiger partial charge in [-0.25, -0.2) is 13.2 Å². The Kier molecular flexibility index (Phi) is 7.94. The number of halogens is 3. The molecule has 0 atom stereocenters. The minimum atomic E-state index is -0.963. The summed E-state index contributed by atoms with van der Waals surface area (Å²) in [6.45, 7) is 4.26. The van der Waals surface area contributed by atoms with Gasteiger partial charge in [0.05, 0.1) is 0 Å². The fourth-order valence-corrected chi connectivity index (χ4v) is 3.40. The number of aryl methyl sites for hydroxylation is 1. The summed E-state index contributed by atoms with van der Waals surface area (Å²) in [4.78, 5) is 0. The average Bonchev–Trinajstić information content (AvgIpc) is 2.80. The van der Waals surface area contributed by atoms with E-state index in [0.717, 1.165) is 31.2 Å². The highest BCUT2D eigenvalue weighted by atomic mass is 19.2. The van der Waals surface area contributed by atoms with Gasteiger partial charge in [-0.15, -0.1) is 0 Å². The van der Waals surface area contributed by atoms with Crippen molar-refractivity contribution in [1.29, 1.82) is 0 Å². The van der Waals surface area contributed by atoms with E-state index in [1.807, 2.05) is 25.1 Å². The Hall–Kier alpha value is -3.01. The smallest absolute Gasteiger partial charge is 0.172 e. The average molecular weight is 425 g/mol. The number of fused-ring (bicyclic) bond motifs is 1. The lowest BCUT2D eigenvalue weighted by molar-refractivity contribution is 0.343. The minimum absolute atomic E-state index is 0.0685. The maximum atomic E-state index is 14.9. The molecule has 3 rings (SSSR count). The number of ether oxygens (including phenoxy) is 1. The van der Waals surface area contributed by atoms with Crippen LogP contribution in [0.2, 0.25) is 0 Å². The van der Waals surface area contributed by atoms with E-state index in [2.05, 4.69) is 6.92 Å². The first-order valence-electron chi connectivity index (χ1n) is 10.7. The third kappa shape index (κ3) is 5.57. The summed E-state index contributed by atoms with van der Waals surface area (Å²) in [6.07, 6.45) is 7.89. The summed E-state index contributed by atoms with van der Waals surface area (Å²) < 4.78 is 49.7. The topological polar surface area (TPSA) is 9.23 Å². The number of hydrogen-bond donors (Lipinski definition) is 0. The standard InChI is InChI=1S/C27H27F3O/c1-3-5-7-8-19-9-11-20(12-10-19)25(28)26(29)22-13-15-23-21(18-22)14-16-24(27(23)30)31-17-6-4-2/h4,6,9-16,18H,3,5,7-8,17H2,1-2H3. The fraction of sp³-hybridized carbons (Fsp3) is 0.259. The van der Waals surface area contributed by atoms with Crippen LogP contribution < -0.4 is 4.74 Å². The molecule has 3 aromatic rings. The van der Waals surface area contributed by atoms with Crippen molar-refractivity contribution in [3.05, 3.63) is 89.3 Å². The van der Waals surface area contributed by atoms with E-state index >= 15 is 0 Å². The molecule has 31 heavy (non-hydrogen) atoms. The van der Waals surface area contributed by atoms with E-state index in [4.69, 9.17) is 4.74 Å². The third-order valence-electron chi connectivity index (χ3n) is 5.21. The van der Waals surface area contributed by atoms with Crippen LogP contribution >= 0.6 is 0 Å². The molecule has 0 aliphatic rings. The zero-order valence-electron chi connectivity index (χ0n) is 17.9. The Balaban J connectivity index is 1.84. The molecule has 0 unspecified atom stereocenters. The van der Waals surface area contributed by atoms with Crippen molar-refractivity contribution in [1.82, 2.24) is 0 Å². The van der Waals surface area contributed by atoms with Crippen LogP contribution in [0.3, 0.4) is 0 Å². The SMILES string of the molecule is CC=CCOc1ccc2cc(C(F)=C(F)c3ccc(CCCCC)cc3)ccc2c1F. The van der Waals surface area contributed by atoms with Crippen LogP contribution in [0, 0.1) is 5.82 Å². The molecule has 0 aliphatic heterocycles. The molecule has 0 saturated heterocycles. The highest BCUT2D eigenvalue weighted by Gasteiger charge is 2.14. The molecule has 0 aliphatic carbocycles. The van der Waals surface area contributed by atoms with Crippen LogP contribution in [0.4, 0.5) is 13.2 Å². The van der Waals surface area contributed by atoms with Gasteiger partial charge in [-0.05, 0) is 42.8 Å². The molecule has 0 N–H and O–H groups in total. The number of hydrogen-bond acceptors (Lipinski definition) is 1. The van der Waals surface area contributed by atoms with Crippen LogP contribution in [0.5, 0.6) is 5.75 Å². The predicted molar refractivity (Wildman–Crippen MR) is 123 cm³/mol. The maximum Gasteiger partial charge on any atom is 0.172 e. The molecule has 162 valence electrons. The first-order chi connectivity index (χ1) is 15.0. The Morgan fingerprint density at radius 3 is 2.32 bits per heavy atom. The Labute approximate surface area is 181 Å².